The number of hydrogen-bond acceptors (Lipinski definition) is 4. The molecule has 1 atom stereocenters. The Morgan fingerprint density at radius 1 is 0.882 bits per heavy atom. The SMILES string of the molecule is Cc1ccc(S(=O)(=O)N2CCn3cccc3C(CNS(=O)(=O)c3c(C)cc(C)cc3C)C2)cc1. The molecule has 1 aliphatic rings. The van der Waals surface area contributed by atoms with Crippen LogP contribution < -0.4 is 4.72 Å². The lowest BCUT2D eigenvalue weighted by Gasteiger charge is -2.24. The monoisotopic (exact) mass is 501 g/mol. The van der Waals surface area contributed by atoms with E-state index < -0.39 is 20.0 Å². The van der Waals surface area contributed by atoms with Crippen LogP contribution in [0.1, 0.15) is 33.9 Å². The minimum atomic E-state index is -3.77. The molecule has 1 aliphatic heterocycles. The molecule has 0 fully saturated rings. The first-order valence-corrected chi connectivity index (χ1v) is 14.2. The van der Waals surface area contributed by atoms with E-state index in [0.29, 0.717) is 24.2 Å². The molecule has 0 saturated heterocycles. The molecule has 4 rings (SSSR count). The maximum atomic E-state index is 13.4. The van der Waals surface area contributed by atoms with Crippen LogP contribution in [-0.4, -0.2) is 45.3 Å². The summed E-state index contributed by atoms with van der Waals surface area (Å²) in [4.78, 5) is 0.529. The summed E-state index contributed by atoms with van der Waals surface area (Å²) >= 11 is 0. The minimum Gasteiger partial charge on any atom is -0.350 e. The van der Waals surface area contributed by atoms with E-state index in [1.54, 1.807) is 38.1 Å². The summed E-state index contributed by atoms with van der Waals surface area (Å²) in [7, 11) is -7.48. The maximum Gasteiger partial charge on any atom is 0.243 e. The molecule has 1 aromatic heterocycles. The van der Waals surface area contributed by atoms with Gasteiger partial charge >= 0.3 is 0 Å². The van der Waals surface area contributed by atoms with Crippen molar-refractivity contribution in [2.75, 3.05) is 19.6 Å². The molecule has 0 bridgehead atoms. The molecule has 0 saturated carbocycles. The lowest BCUT2D eigenvalue weighted by Crippen LogP contribution is -2.38. The van der Waals surface area contributed by atoms with E-state index in [1.165, 1.54) is 4.31 Å². The highest BCUT2D eigenvalue weighted by Gasteiger charge is 2.32. The third kappa shape index (κ3) is 4.84. The van der Waals surface area contributed by atoms with E-state index in [1.807, 2.05) is 48.9 Å². The Balaban J connectivity index is 1.62. The Morgan fingerprint density at radius 3 is 2.18 bits per heavy atom. The first-order valence-electron chi connectivity index (χ1n) is 11.3. The van der Waals surface area contributed by atoms with Gasteiger partial charge in [-0.3, -0.25) is 0 Å². The predicted molar refractivity (Wildman–Crippen MR) is 133 cm³/mol. The number of sulfonamides is 2. The zero-order valence-electron chi connectivity index (χ0n) is 19.9. The van der Waals surface area contributed by atoms with Gasteiger partial charge in [0, 0.05) is 44.0 Å². The molecule has 9 heteroatoms. The maximum absolute atomic E-state index is 13.4. The van der Waals surface area contributed by atoms with Crippen LogP contribution in [0.3, 0.4) is 0 Å². The number of aromatic nitrogens is 1. The van der Waals surface area contributed by atoms with Crippen LogP contribution in [0, 0.1) is 27.7 Å². The number of hydrogen-bond donors (Lipinski definition) is 1. The van der Waals surface area contributed by atoms with Crippen LogP contribution in [0.5, 0.6) is 0 Å². The topological polar surface area (TPSA) is 88.5 Å². The molecule has 0 spiro atoms. The van der Waals surface area contributed by atoms with Crippen molar-refractivity contribution in [3.05, 3.63) is 82.7 Å². The molecule has 0 amide bonds. The Hall–Kier alpha value is -2.46. The van der Waals surface area contributed by atoms with E-state index in [4.69, 9.17) is 0 Å². The second-order valence-corrected chi connectivity index (χ2v) is 12.7. The van der Waals surface area contributed by atoms with Gasteiger partial charge in [0.25, 0.3) is 0 Å². The summed E-state index contributed by atoms with van der Waals surface area (Å²) in [6.45, 7) is 8.54. The number of benzene rings is 2. The fraction of sp³-hybridized carbons (Fsp3) is 0.360. The fourth-order valence-electron chi connectivity index (χ4n) is 4.77. The molecule has 7 nitrogen and oxygen atoms in total. The molecule has 34 heavy (non-hydrogen) atoms. The van der Waals surface area contributed by atoms with Crippen molar-refractivity contribution < 1.29 is 16.8 Å². The van der Waals surface area contributed by atoms with Crippen LogP contribution in [-0.2, 0) is 26.6 Å². The predicted octanol–water partition coefficient (Wildman–Crippen LogP) is 3.49. The van der Waals surface area contributed by atoms with Crippen molar-refractivity contribution in [2.24, 2.45) is 0 Å². The van der Waals surface area contributed by atoms with Gasteiger partial charge in [-0.25, -0.2) is 21.6 Å². The molecular weight excluding hydrogens is 470 g/mol. The Labute approximate surface area is 202 Å². The highest BCUT2D eigenvalue weighted by atomic mass is 32.2. The quantitative estimate of drug-likeness (QED) is 0.560. The third-order valence-corrected chi connectivity index (χ3v) is 9.96. The van der Waals surface area contributed by atoms with Crippen LogP contribution in [0.2, 0.25) is 0 Å². The first-order chi connectivity index (χ1) is 16.0. The van der Waals surface area contributed by atoms with Gasteiger partial charge in [-0.15, -0.1) is 0 Å². The van der Waals surface area contributed by atoms with Gasteiger partial charge in [0.15, 0.2) is 0 Å². The van der Waals surface area contributed by atoms with E-state index >= 15 is 0 Å². The van der Waals surface area contributed by atoms with Crippen molar-refractivity contribution in [3.63, 3.8) is 0 Å². The van der Waals surface area contributed by atoms with Crippen molar-refractivity contribution in [1.82, 2.24) is 13.6 Å². The second-order valence-electron chi connectivity index (χ2n) is 9.08. The molecule has 1 unspecified atom stereocenters. The largest absolute Gasteiger partial charge is 0.350 e. The Kier molecular flexibility index (Phi) is 6.74. The highest BCUT2D eigenvalue weighted by Crippen LogP contribution is 2.27. The van der Waals surface area contributed by atoms with Gasteiger partial charge in [0.1, 0.15) is 0 Å². The molecule has 2 aromatic carbocycles. The van der Waals surface area contributed by atoms with E-state index in [0.717, 1.165) is 16.8 Å². The van der Waals surface area contributed by atoms with E-state index in [9.17, 15) is 16.8 Å². The molecule has 1 N–H and O–H groups in total. The second kappa shape index (κ2) is 9.30. The molecule has 0 radical (unpaired) electrons. The number of nitrogens with zero attached hydrogens (tertiary/aromatic N) is 2. The van der Waals surface area contributed by atoms with Crippen molar-refractivity contribution in [3.8, 4) is 0 Å². The fourth-order valence-corrected chi connectivity index (χ4v) is 7.78. The molecule has 0 aliphatic carbocycles. The summed E-state index contributed by atoms with van der Waals surface area (Å²) in [5, 5.41) is 0. The van der Waals surface area contributed by atoms with Gasteiger partial charge in [0.2, 0.25) is 20.0 Å². The van der Waals surface area contributed by atoms with Crippen molar-refractivity contribution >= 4 is 20.0 Å². The van der Waals surface area contributed by atoms with Gasteiger partial charge < -0.3 is 4.57 Å². The average Bonchev–Trinajstić information content (AvgIpc) is 3.13. The Bertz CT molecular complexity index is 1390. The molecule has 2 heterocycles. The molecule has 3 aromatic rings. The summed E-state index contributed by atoms with van der Waals surface area (Å²) in [6, 6.07) is 14.4. The number of rotatable bonds is 6. The number of nitrogens with one attached hydrogen (secondary N) is 1. The van der Waals surface area contributed by atoms with Gasteiger partial charge in [-0.2, -0.15) is 4.31 Å². The Morgan fingerprint density at radius 2 is 1.53 bits per heavy atom. The van der Waals surface area contributed by atoms with Gasteiger partial charge in [0.05, 0.1) is 9.79 Å². The normalized spacial score (nSPS) is 17.4. The zero-order chi connectivity index (χ0) is 24.7. The number of aryl methyl sites for hydroxylation is 4. The van der Waals surface area contributed by atoms with Gasteiger partial charge in [-0.1, -0.05) is 35.4 Å². The van der Waals surface area contributed by atoms with Crippen LogP contribution in [0.4, 0.5) is 0 Å². The zero-order valence-corrected chi connectivity index (χ0v) is 21.6. The van der Waals surface area contributed by atoms with Crippen molar-refractivity contribution in [1.29, 1.82) is 0 Å². The first kappa shape index (κ1) is 24.7. The molecule has 182 valence electrons. The van der Waals surface area contributed by atoms with Crippen molar-refractivity contribution in [2.45, 2.75) is 49.9 Å². The highest BCUT2D eigenvalue weighted by molar-refractivity contribution is 7.89. The summed E-state index contributed by atoms with van der Waals surface area (Å²) < 4.78 is 59.5. The average molecular weight is 502 g/mol. The van der Waals surface area contributed by atoms with Gasteiger partial charge in [-0.05, 0) is 63.1 Å². The summed E-state index contributed by atoms with van der Waals surface area (Å²) in [5.41, 5.74) is 4.30. The standard InChI is InChI=1S/C25H31N3O4S2/c1-18-7-9-23(10-8-18)34(31,32)28-13-12-27-11-5-6-24(27)22(17-28)16-26-33(29,30)25-20(3)14-19(2)15-21(25)4/h5-11,14-15,22,26H,12-13,16-17H2,1-4H3. The van der Waals surface area contributed by atoms with E-state index in [-0.39, 0.29) is 28.8 Å². The lowest BCUT2D eigenvalue weighted by atomic mass is 10.1. The minimum absolute atomic E-state index is 0.0963. The lowest BCUT2D eigenvalue weighted by molar-refractivity contribution is 0.392. The van der Waals surface area contributed by atoms with Crippen LogP contribution in [0.25, 0.3) is 0 Å². The third-order valence-electron chi connectivity index (χ3n) is 6.35. The van der Waals surface area contributed by atoms with Crippen LogP contribution in [0.15, 0.2) is 64.5 Å². The number of fused-ring (bicyclic) bond motifs is 1. The van der Waals surface area contributed by atoms with Crippen LogP contribution >= 0.6 is 0 Å². The summed E-state index contributed by atoms with van der Waals surface area (Å²) in [5.74, 6) is -0.335. The van der Waals surface area contributed by atoms with E-state index in [2.05, 4.69) is 4.72 Å². The molecular formula is C25H31N3O4S2. The smallest absolute Gasteiger partial charge is 0.243 e. The summed E-state index contributed by atoms with van der Waals surface area (Å²) in [6.07, 6.45) is 1.91.